The highest BCUT2D eigenvalue weighted by Gasteiger charge is 2.32. The summed E-state index contributed by atoms with van der Waals surface area (Å²) in [5.74, 6) is 1.13. The molecule has 1 aromatic carbocycles. The van der Waals surface area contributed by atoms with Crippen LogP contribution in [0.1, 0.15) is 63.7 Å². The van der Waals surface area contributed by atoms with Gasteiger partial charge in [-0.3, -0.25) is 14.7 Å². The molecule has 1 saturated carbocycles. The van der Waals surface area contributed by atoms with Gasteiger partial charge in [-0.05, 0) is 62.4 Å². The van der Waals surface area contributed by atoms with E-state index < -0.39 is 0 Å². The number of nitrogens with one attached hydrogen (secondary N) is 1. The van der Waals surface area contributed by atoms with Gasteiger partial charge in [0.1, 0.15) is 11.4 Å². The minimum Gasteiger partial charge on any atom is -0.497 e. The van der Waals surface area contributed by atoms with Crippen molar-refractivity contribution in [2.24, 2.45) is 5.92 Å². The molecule has 1 aromatic heterocycles. The Bertz CT molecular complexity index is 869. The minimum absolute atomic E-state index is 0.0814. The molecule has 1 aliphatic heterocycles. The standard InChI is InChI=1S/C21H25N3O3/c1-13-10-16(27-2)7-8-17(13)20(25)15-4-3-9-24(12-15)21(26)19-11-18(22-23-19)14-5-6-14/h7-8,10-11,14-15H,3-6,9,12H2,1-2H3,(H,22,23). The Morgan fingerprint density at radius 1 is 1.22 bits per heavy atom. The van der Waals surface area contributed by atoms with E-state index in [0.717, 1.165) is 42.7 Å². The number of ether oxygens (including phenoxy) is 1. The molecule has 2 aromatic rings. The molecule has 1 amide bonds. The molecule has 6 heteroatoms. The summed E-state index contributed by atoms with van der Waals surface area (Å²) in [7, 11) is 1.62. The number of Topliss-reactive ketones (excluding diaryl/α,β-unsaturated/α-hetero) is 1. The van der Waals surface area contributed by atoms with E-state index in [2.05, 4.69) is 10.2 Å². The second-order valence-corrected chi connectivity index (χ2v) is 7.62. The molecule has 6 nitrogen and oxygen atoms in total. The van der Waals surface area contributed by atoms with Crippen LogP contribution in [0.2, 0.25) is 0 Å². The Balaban J connectivity index is 1.46. The number of aromatic amines is 1. The molecule has 2 aliphatic rings. The van der Waals surface area contributed by atoms with Crippen LogP contribution < -0.4 is 4.74 Å². The molecule has 4 rings (SSSR count). The van der Waals surface area contributed by atoms with E-state index in [0.29, 0.717) is 30.3 Å². The Hall–Kier alpha value is -2.63. The predicted molar refractivity (Wildman–Crippen MR) is 101 cm³/mol. The number of benzene rings is 1. The number of rotatable bonds is 5. The largest absolute Gasteiger partial charge is 0.497 e. The number of amides is 1. The zero-order valence-corrected chi connectivity index (χ0v) is 15.8. The monoisotopic (exact) mass is 367 g/mol. The van der Waals surface area contributed by atoms with Crippen molar-refractivity contribution in [2.45, 2.75) is 38.5 Å². The number of likely N-dealkylation sites (tertiary alicyclic amines) is 1. The lowest BCUT2D eigenvalue weighted by Crippen LogP contribution is -2.42. The van der Waals surface area contributed by atoms with E-state index in [1.807, 2.05) is 31.2 Å². The molecule has 0 spiro atoms. The minimum atomic E-state index is -0.170. The molecule has 2 fully saturated rings. The fourth-order valence-electron chi connectivity index (χ4n) is 3.85. The van der Waals surface area contributed by atoms with Crippen LogP contribution in [0, 0.1) is 12.8 Å². The summed E-state index contributed by atoms with van der Waals surface area (Å²) < 4.78 is 5.22. The number of ketones is 1. The smallest absolute Gasteiger partial charge is 0.274 e. The van der Waals surface area contributed by atoms with Crippen molar-refractivity contribution in [1.82, 2.24) is 15.1 Å². The number of aromatic nitrogens is 2. The molecule has 0 radical (unpaired) electrons. The Morgan fingerprint density at radius 2 is 2.04 bits per heavy atom. The highest BCUT2D eigenvalue weighted by Crippen LogP contribution is 2.39. The first kappa shape index (κ1) is 17.8. The third-order valence-corrected chi connectivity index (χ3v) is 5.61. The molecule has 27 heavy (non-hydrogen) atoms. The summed E-state index contributed by atoms with van der Waals surface area (Å²) in [5, 5.41) is 7.19. The average Bonchev–Trinajstić information content (AvgIpc) is 3.43. The second kappa shape index (κ2) is 7.18. The maximum Gasteiger partial charge on any atom is 0.274 e. The van der Waals surface area contributed by atoms with Crippen molar-refractivity contribution in [3.05, 3.63) is 46.8 Å². The number of carbonyl (C=O) groups is 2. The molecule has 2 heterocycles. The van der Waals surface area contributed by atoms with Gasteiger partial charge in [-0.15, -0.1) is 0 Å². The molecule has 1 atom stereocenters. The zero-order valence-electron chi connectivity index (χ0n) is 15.8. The summed E-state index contributed by atoms with van der Waals surface area (Å²) in [6, 6.07) is 7.39. The number of piperidine rings is 1. The average molecular weight is 367 g/mol. The predicted octanol–water partition coefficient (Wildman–Crippen LogP) is 3.34. The number of hydrogen-bond acceptors (Lipinski definition) is 4. The third kappa shape index (κ3) is 3.61. The van der Waals surface area contributed by atoms with Gasteiger partial charge >= 0.3 is 0 Å². The molecule has 0 bridgehead atoms. The van der Waals surface area contributed by atoms with Gasteiger partial charge in [0.25, 0.3) is 5.91 Å². The Morgan fingerprint density at radius 3 is 2.74 bits per heavy atom. The molecule has 1 N–H and O–H groups in total. The quantitative estimate of drug-likeness (QED) is 0.823. The molecule has 1 unspecified atom stereocenters. The van der Waals surface area contributed by atoms with Crippen LogP contribution in [0.5, 0.6) is 5.75 Å². The normalized spacial score (nSPS) is 19.8. The van der Waals surface area contributed by atoms with Crippen LogP contribution in [0.3, 0.4) is 0 Å². The van der Waals surface area contributed by atoms with Crippen LogP contribution in [0.15, 0.2) is 24.3 Å². The first-order chi connectivity index (χ1) is 13.1. The highest BCUT2D eigenvalue weighted by atomic mass is 16.5. The van der Waals surface area contributed by atoms with Crippen LogP contribution in [0.25, 0.3) is 0 Å². The van der Waals surface area contributed by atoms with Crippen molar-refractivity contribution in [1.29, 1.82) is 0 Å². The summed E-state index contributed by atoms with van der Waals surface area (Å²) in [4.78, 5) is 27.6. The van der Waals surface area contributed by atoms with Gasteiger partial charge in [-0.25, -0.2) is 0 Å². The fourth-order valence-corrected chi connectivity index (χ4v) is 3.85. The van der Waals surface area contributed by atoms with Gasteiger partial charge < -0.3 is 9.64 Å². The van der Waals surface area contributed by atoms with Crippen molar-refractivity contribution in [2.75, 3.05) is 20.2 Å². The lowest BCUT2D eigenvalue weighted by atomic mass is 9.88. The van der Waals surface area contributed by atoms with E-state index in [-0.39, 0.29) is 17.6 Å². The van der Waals surface area contributed by atoms with Gasteiger partial charge in [-0.1, -0.05) is 0 Å². The summed E-state index contributed by atoms with van der Waals surface area (Å²) in [5.41, 5.74) is 3.14. The number of hydrogen-bond donors (Lipinski definition) is 1. The van der Waals surface area contributed by atoms with E-state index >= 15 is 0 Å². The lowest BCUT2D eigenvalue weighted by molar-refractivity contribution is 0.0632. The zero-order chi connectivity index (χ0) is 19.0. The van der Waals surface area contributed by atoms with Gasteiger partial charge in [-0.2, -0.15) is 5.10 Å². The summed E-state index contributed by atoms with van der Waals surface area (Å²) in [6.45, 7) is 3.05. The molecule has 1 saturated heterocycles. The van der Waals surface area contributed by atoms with Crippen LogP contribution in [0.4, 0.5) is 0 Å². The topological polar surface area (TPSA) is 75.3 Å². The van der Waals surface area contributed by atoms with E-state index in [1.54, 1.807) is 12.0 Å². The Labute approximate surface area is 158 Å². The van der Waals surface area contributed by atoms with Crippen LogP contribution in [-0.2, 0) is 0 Å². The summed E-state index contributed by atoms with van der Waals surface area (Å²) >= 11 is 0. The number of methoxy groups -OCH3 is 1. The number of aryl methyl sites for hydroxylation is 1. The number of carbonyl (C=O) groups excluding carboxylic acids is 2. The molecule has 1 aliphatic carbocycles. The van der Waals surface area contributed by atoms with Gasteiger partial charge in [0.2, 0.25) is 0 Å². The summed E-state index contributed by atoms with van der Waals surface area (Å²) in [6.07, 6.45) is 3.97. The molecule has 142 valence electrons. The van der Waals surface area contributed by atoms with Crippen molar-refractivity contribution in [3.63, 3.8) is 0 Å². The maximum atomic E-state index is 13.0. The SMILES string of the molecule is COc1ccc(C(=O)C2CCCN(C(=O)c3cc(C4CC4)[nH]n3)C2)c(C)c1. The molecular weight excluding hydrogens is 342 g/mol. The van der Waals surface area contributed by atoms with E-state index in [4.69, 9.17) is 4.74 Å². The lowest BCUT2D eigenvalue weighted by Gasteiger charge is -2.31. The Kier molecular flexibility index (Phi) is 4.72. The van der Waals surface area contributed by atoms with E-state index in [1.165, 1.54) is 0 Å². The number of nitrogens with zero attached hydrogens (tertiary/aromatic N) is 2. The van der Waals surface area contributed by atoms with Crippen molar-refractivity contribution >= 4 is 11.7 Å². The first-order valence-corrected chi connectivity index (χ1v) is 9.60. The second-order valence-electron chi connectivity index (χ2n) is 7.62. The van der Waals surface area contributed by atoms with Crippen molar-refractivity contribution in [3.8, 4) is 5.75 Å². The van der Waals surface area contributed by atoms with Gasteiger partial charge in [0.05, 0.1) is 7.11 Å². The highest BCUT2D eigenvalue weighted by molar-refractivity contribution is 6.00. The van der Waals surface area contributed by atoms with E-state index in [9.17, 15) is 9.59 Å². The van der Waals surface area contributed by atoms with Gasteiger partial charge in [0, 0.05) is 36.2 Å². The third-order valence-electron chi connectivity index (χ3n) is 5.61. The number of H-pyrrole nitrogens is 1. The van der Waals surface area contributed by atoms with Crippen LogP contribution in [-0.4, -0.2) is 47.0 Å². The van der Waals surface area contributed by atoms with Crippen LogP contribution >= 0.6 is 0 Å². The fraction of sp³-hybridized carbons (Fsp3) is 0.476. The van der Waals surface area contributed by atoms with Gasteiger partial charge in [0.15, 0.2) is 5.78 Å². The van der Waals surface area contributed by atoms with Crippen molar-refractivity contribution < 1.29 is 14.3 Å². The first-order valence-electron chi connectivity index (χ1n) is 9.60. The maximum absolute atomic E-state index is 13.0. The molecular formula is C21H25N3O3.